The number of amides is 1. The average Bonchev–Trinajstić information content (AvgIpc) is 3.15. The molecule has 2 heterocycles. The van der Waals surface area contributed by atoms with E-state index in [1.54, 1.807) is 5.38 Å². The van der Waals surface area contributed by atoms with Crippen LogP contribution in [0, 0.1) is 6.92 Å². The Morgan fingerprint density at radius 3 is 2.64 bits per heavy atom. The fraction of sp³-hybridized carbons (Fsp3) is 0.133. The van der Waals surface area contributed by atoms with Crippen LogP contribution in [0.5, 0.6) is 0 Å². The lowest BCUT2D eigenvalue weighted by Gasteiger charge is -2.00. The zero-order chi connectivity index (χ0) is 15.5. The molecule has 0 aliphatic heterocycles. The van der Waals surface area contributed by atoms with Gasteiger partial charge in [-0.25, -0.2) is 9.97 Å². The van der Waals surface area contributed by atoms with Gasteiger partial charge in [0, 0.05) is 21.3 Å². The topological polar surface area (TPSA) is 54.9 Å². The first kappa shape index (κ1) is 15.1. The molecule has 0 atom stereocenters. The molecule has 0 saturated heterocycles. The quantitative estimate of drug-likeness (QED) is 0.769. The highest BCUT2D eigenvalue weighted by atomic mass is 35.5. The fourth-order valence-corrected chi connectivity index (χ4v) is 3.32. The monoisotopic (exact) mass is 349 g/mol. The van der Waals surface area contributed by atoms with E-state index in [4.69, 9.17) is 11.6 Å². The molecular formula is C15H12ClN3OS2. The number of aryl methyl sites for hydroxylation is 1. The van der Waals surface area contributed by atoms with Crippen molar-refractivity contribution in [2.45, 2.75) is 13.5 Å². The van der Waals surface area contributed by atoms with Crippen molar-refractivity contribution >= 4 is 40.2 Å². The van der Waals surface area contributed by atoms with Crippen LogP contribution in [0.1, 0.15) is 20.5 Å². The number of benzene rings is 1. The lowest BCUT2D eigenvalue weighted by Crippen LogP contribution is -2.23. The maximum Gasteiger partial charge on any atom is 0.271 e. The van der Waals surface area contributed by atoms with Crippen molar-refractivity contribution in [1.82, 2.24) is 15.3 Å². The van der Waals surface area contributed by atoms with Crippen LogP contribution in [0.4, 0.5) is 0 Å². The first-order valence-corrected chi connectivity index (χ1v) is 8.66. The van der Waals surface area contributed by atoms with Crippen molar-refractivity contribution in [3.63, 3.8) is 0 Å². The first-order valence-electron chi connectivity index (χ1n) is 6.52. The SMILES string of the molecule is Cc1nc(C(=O)NCc2nc(-c3ccc(Cl)cc3)cs2)cs1. The summed E-state index contributed by atoms with van der Waals surface area (Å²) in [4.78, 5) is 20.6. The van der Waals surface area contributed by atoms with E-state index < -0.39 is 0 Å². The molecule has 3 rings (SSSR count). The van der Waals surface area contributed by atoms with E-state index in [0.717, 1.165) is 21.3 Å². The molecule has 1 aromatic carbocycles. The van der Waals surface area contributed by atoms with Crippen LogP contribution in [0.25, 0.3) is 11.3 Å². The smallest absolute Gasteiger partial charge is 0.271 e. The van der Waals surface area contributed by atoms with Crippen LogP contribution < -0.4 is 5.32 Å². The van der Waals surface area contributed by atoms with Gasteiger partial charge in [0.25, 0.3) is 5.91 Å². The van der Waals surface area contributed by atoms with E-state index >= 15 is 0 Å². The summed E-state index contributed by atoms with van der Waals surface area (Å²) in [5.41, 5.74) is 2.35. The van der Waals surface area contributed by atoms with E-state index in [9.17, 15) is 4.79 Å². The number of carbonyl (C=O) groups is 1. The van der Waals surface area contributed by atoms with E-state index in [1.807, 2.05) is 36.6 Å². The summed E-state index contributed by atoms with van der Waals surface area (Å²) < 4.78 is 0. The minimum absolute atomic E-state index is 0.174. The number of hydrogen-bond acceptors (Lipinski definition) is 5. The summed E-state index contributed by atoms with van der Waals surface area (Å²) in [6, 6.07) is 7.53. The van der Waals surface area contributed by atoms with Crippen LogP contribution in [0.15, 0.2) is 35.0 Å². The van der Waals surface area contributed by atoms with Gasteiger partial charge in [-0.1, -0.05) is 23.7 Å². The molecule has 0 spiro atoms. The van der Waals surface area contributed by atoms with Gasteiger partial charge in [-0.3, -0.25) is 4.79 Å². The lowest BCUT2D eigenvalue weighted by atomic mass is 10.2. The molecule has 1 N–H and O–H groups in total. The van der Waals surface area contributed by atoms with Gasteiger partial charge in [-0.15, -0.1) is 22.7 Å². The van der Waals surface area contributed by atoms with E-state index in [0.29, 0.717) is 17.3 Å². The van der Waals surface area contributed by atoms with Gasteiger partial charge in [0.1, 0.15) is 10.7 Å². The third-order valence-corrected chi connectivity index (χ3v) is 4.82. The van der Waals surface area contributed by atoms with Gasteiger partial charge >= 0.3 is 0 Å². The molecule has 7 heteroatoms. The largest absolute Gasteiger partial charge is 0.344 e. The fourth-order valence-electron chi connectivity index (χ4n) is 1.86. The zero-order valence-electron chi connectivity index (χ0n) is 11.7. The van der Waals surface area contributed by atoms with Crippen molar-refractivity contribution in [2.24, 2.45) is 0 Å². The second-order valence-electron chi connectivity index (χ2n) is 4.57. The summed E-state index contributed by atoms with van der Waals surface area (Å²) >= 11 is 8.85. The second-order valence-corrected chi connectivity index (χ2v) is 7.01. The predicted octanol–water partition coefficient (Wildman–Crippen LogP) is 4.16. The molecule has 0 bridgehead atoms. The Morgan fingerprint density at radius 2 is 1.95 bits per heavy atom. The van der Waals surface area contributed by atoms with Crippen molar-refractivity contribution in [2.75, 3.05) is 0 Å². The van der Waals surface area contributed by atoms with Crippen molar-refractivity contribution in [1.29, 1.82) is 0 Å². The van der Waals surface area contributed by atoms with Crippen LogP contribution in [-0.4, -0.2) is 15.9 Å². The van der Waals surface area contributed by atoms with Crippen molar-refractivity contribution < 1.29 is 4.79 Å². The molecule has 0 aliphatic rings. The molecule has 1 amide bonds. The Balaban J connectivity index is 1.64. The Bertz CT molecular complexity index is 795. The average molecular weight is 350 g/mol. The summed E-state index contributed by atoms with van der Waals surface area (Å²) in [7, 11) is 0. The van der Waals surface area contributed by atoms with Gasteiger partial charge in [-0.2, -0.15) is 0 Å². The van der Waals surface area contributed by atoms with Gasteiger partial charge in [-0.05, 0) is 19.1 Å². The highest BCUT2D eigenvalue weighted by Crippen LogP contribution is 2.23. The molecule has 0 saturated carbocycles. The molecule has 0 aliphatic carbocycles. The number of halogens is 1. The summed E-state index contributed by atoms with van der Waals surface area (Å²) in [5.74, 6) is -0.174. The lowest BCUT2D eigenvalue weighted by molar-refractivity contribution is 0.0946. The third kappa shape index (κ3) is 3.52. The molecular weight excluding hydrogens is 338 g/mol. The maximum atomic E-state index is 11.9. The number of nitrogens with one attached hydrogen (secondary N) is 1. The van der Waals surface area contributed by atoms with E-state index in [2.05, 4.69) is 15.3 Å². The standard InChI is InChI=1S/C15H12ClN3OS2/c1-9-18-13(8-21-9)15(20)17-6-14-19-12(7-22-14)10-2-4-11(16)5-3-10/h2-5,7-8H,6H2,1H3,(H,17,20). The van der Waals surface area contributed by atoms with E-state index in [1.165, 1.54) is 22.7 Å². The van der Waals surface area contributed by atoms with Crippen LogP contribution in [0.3, 0.4) is 0 Å². The molecule has 0 unspecified atom stereocenters. The minimum Gasteiger partial charge on any atom is -0.344 e. The van der Waals surface area contributed by atoms with Gasteiger partial charge < -0.3 is 5.32 Å². The molecule has 4 nitrogen and oxygen atoms in total. The Kier molecular flexibility index (Phi) is 4.52. The summed E-state index contributed by atoms with van der Waals surface area (Å²) in [6.07, 6.45) is 0. The van der Waals surface area contributed by atoms with Crippen LogP contribution in [-0.2, 0) is 6.54 Å². The summed E-state index contributed by atoms with van der Waals surface area (Å²) in [6.45, 7) is 2.27. The number of hydrogen-bond donors (Lipinski definition) is 1. The Morgan fingerprint density at radius 1 is 1.18 bits per heavy atom. The number of aromatic nitrogens is 2. The first-order chi connectivity index (χ1) is 10.6. The Hall–Kier alpha value is -1.76. The normalized spacial score (nSPS) is 10.6. The second kappa shape index (κ2) is 6.56. The van der Waals surface area contributed by atoms with Gasteiger partial charge in [0.2, 0.25) is 0 Å². The minimum atomic E-state index is -0.174. The van der Waals surface area contributed by atoms with E-state index in [-0.39, 0.29) is 5.91 Å². The zero-order valence-corrected chi connectivity index (χ0v) is 14.1. The molecule has 0 radical (unpaired) electrons. The third-order valence-electron chi connectivity index (χ3n) is 2.94. The molecule has 0 fully saturated rings. The van der Waals surface area contributed by atoms with Crippen molar-refractivity contribution in [3.8, 4) is 11.3 Å². The number of rotatable bonds is 4. The molecule has 112 valence electrons. The van der Waals surface area contributed by atoms with Gasteiger partial charge in [0.15, 0.2) is 0 Å². The summed E-state index contributed by atoms with van der Waals surface area (Å²) in [5, 5.41) is 8.99. The molecule has 22 heavy (non-hydrogen) atoms. The van der Waals surface area contributed by atoms with Crippen LogP contribution in [0.2, 0.25) is 5.02 Å². The van der Waals surface area contributed by atoms with Crippen molar-refractivity contribution in [3.05, 3.63) is 55.8 Å². The maximum absolute atomic E-state index is 11.9. The Labute approximate surface area is 140 Å². The number of nitrogens with zero attached hydrogens (tertiary/aromatic N) is 2. The highest BCUT2D eigenvalue weighted by molar-refractivity contribution is 7.10. The van der Waals surface area contributed by atoms with Crippen LogP contribution >= 0.6 is 34.3 Å². The number of carbonyl (C=O) groups excluding carboxylic acids is 1. The molecule has 2 aromatic heterocycles. The van der Waals surface area contributed by atoms with Gasteiger partial charge in [0.05, 0.1) is 17.2 Å². The highest BCUT2D eigenvalue weighted by Gasteiger charge is 2.10. The number of thiazole rings is 2. The predicted molar refractivity (Wildman–Crippen MR) is 90.6 cm³/mol. The molecule has 3 aromatic rings.